The normalized spacial score (nSPS) is 11.7. The van der Waals surface area contributed by atoms with Gasteiger partial charge in [0.15, 0.2) is 0 Å². The summed E-state index contributed by atoms with van der Waals surface area (Å²) in [4.78, 5) is 0. The van der Waals surface area contributed by atoms with Crippen LogP contribution in [0.4, 0.5) is 0 Å². The molecule has 0 spiro atoms. The zero-order valence-electron chi connectivity index (χ0n) is 16.4. The summed E-state index contributed by atoms with van der Waals surface area (Å²) in [5, 5.41) is 2.31. The fraction of sp³-hybridized carbons (Fsp3) is 0.400. The molecule has 0 amide bonds. The third-order valence-electron chi connectivity index (χ3n) is 3.62. The Labute approximate surface area is 157 Å². The molecule has 0 aliphatic heterocycles. The van der Waals surface area contributed by atoms with Crippen LogP contribution in [0.5, 0.6) is 0 Å². The Hall–Kier alpha value is -1.25. The zero-order chi connectivity index (χ0) is 18.8. The molecule has 0 atom stereocenters. The molecular formula is C20H32O3Si2. The first kappa shape index (κ1) is 21.8. The van der Waals surface area contributed by atoms with Crippen LogP contribution in [0.2, 0.25) is 0 Å². The fourth-order valence-electron chi connectivity index (χ4n) is 2.26. The van der Waals surface area contributed by atoms with Crippen molar-refractivity contribution < 1.29 is 13.3 Å². The van der Waals surface area contributed by atoms with Gasteiger partial charge in [-0.2, -0.15) is 0 Å². The number of benzene rings is 2. The van der Waals surface area contributed by atoms with Crippen molar-refractivity contribution in [1.29, 1.82) is 0 Å². The van der Waals surface area contributed by atoms with Crippen molar-refractivity contribution in [3.05, 3.63) is 60.7 Å². The minimum absolute atomic E-state index is 0.103. The highest BCUT2D eigenvalue weighted by Gasteiger charge is 2.41. The highest BCUT2D eigenvalue weighted by molar-refractivity contribution is 6.92. The summed E-state index contributed by atoms with van der Waals surface area (Å²) in [6, 6.07) is 20.6. The maximum atomic E-state index is 6.16. The first-order valence-electron chi connectivity index (χ1n) is 8.83. The van der Waals surface area contributed by atoms with Crippen molar-refractivity contribution in [1.82, 2.24) is 0 Å². The monoisotopic (exact) mass is 376 g/mol. The molecule has 2 aromatic carbocycles. The average Bonchev–Trinajstić information content (AvgIpc) is 2.63. The molecule has 138 valence electrons. The molecule has 0 radical (unpaired) electrons. The first-order chi connectivity index (χ1) is 11.9. The van der Waals surface area contributed by atoms with Crippen LogP contribution in [0, 0.1) is 0 Å². The Morgan fingerprint density at radius 1 is 0.760 bits per heavy atom. The van der Waals surface area contributed by atoms with Crippen LogP contribution in [-0.4, -0.2) is 37.9 Å². The molecule has 0 bridgehead atoms. The van der Waals surface area contributed by atoms with E-state index in [1.807, 2.05) is 50.2 Å². The molecule has 0 aliphatic carbocycles. The van der Waals surface area contributed by atoms with Gasteiger partial charge in [-0.25, -0.2) is 0 Å². The van der Waals surface area contributed by atoms with Crippen LogP contribution >= 0.6 is 0 Å². The second-order valence-corrected chi connectivity index (χ2v) is 9.90. The van der Waals surface area contributed by atoms with Gasteiger partial charge in [-0.3, -0.25) is 0 Å². The maximum Gasteiger partial charge on any atom is 0.407 e. The predicted molar refractivity (Wildman–Crippen MR) is 112 cm³/mol. The smallest absolute Gasteiger partial charge is 0.407 e. The quantitative estimate of drug-likeness (QED) is 0.725. The number of hydrogen-bond acceptors (Lipinski definition) is 3. The molecule has 2 aromatic rings. The van der Waals surface area contributed by atoms with Gasteiger partial charge in [0.05, 0.1) is 0 Å². The lowest BCUT2D eigenvalue weighted by Crippen LogP contribution is -2.63. The van der Waals surface area contributed by atoms with Gasteiger partial charge in [0, 0.05) is 18.8 Å². The van der Waals surface area contributed by atoms with E-state index in [1.54, 1.807) is 0 Å². The Morgan fingerprint density at radius 3 is 1.32 bits per heavy atom. The van der Waals surface area contributed by atoms with Crippen LogP contribution in [0.1, 0.15) is 34.6 Å². The SMILES string of the molecule is CC(C)(C)O[SiH3].CCO[Si](OCC)(c1ccccc1)c1ccccc1. The van der Waals surface area contributed by atoms with Gasteiger partial charge in [-0.15, -0.1) is 0 Å². The lowest BCUT2D eigenvalue weighted by molar-refractivity contribution is 0.147. The van der Waals surface area contributed by atoms with Crippen molar-refractivity contribution in [3.63, 3.8) is 0 Å². The lowest BCUT2D eigenvalue weighted by Gasteiger charge is -2.30. The van der Waals surface area contributed by atoms with Crippen molar-refractivity contribution in [2.45, 2.75) is 40.2 Å². The standard InChI is InChI=1S/C16H20O2Si.C4H12OSi/c1-3-17-19(18-4-2,15-11-7-5-8-12-15)16-13-9-6-10-14-16;1-4(2,3)5-6/h5-14H,3-4H2,1-2H3;1-3,6H3. The van der Waals surface area contributed by atoms with E-state index in [2.05, 4.69) is 45.0 Å². The van der Waals surface area contributed by atoms with Crippen molar-refractivity contribution in [2.75, 3.05) is 13.2 Å². The van der Waals surface area contributed by atoms with Gasteiger partial charge in [0.25, 0.3) is 0 Å². The Morgan fingerprint density at radius 2 is 1.08 bits per heavy atom. The van der Waals surface area contributed by atoms with Crippen LogP contribution in [0.15, 0.2) is 60.7 Å². The third-order valence-corrected chi connectivity index (χ3v) is 8.42. The fourth-order valence-corrected chi connectivity index (χ4v) is 5.42. The summed E-state index contributed by atoms with van der Waals surface area (Å²) >= 11 is 0. The van der Waals surface area contributed by atoms with E-state index in [1.165, 1.54) is 0 Å². The molecule has 2 rings (SSSR count). The van der Waals surface area contributed by atoms with E-state index in [-0.39, 0.29) is 5.60 Å². The molecule has 5 heteroatoms. The molecule has 3 nitrogen and oxygen atoms in total. The highest BCUT2D eigenvalue weighted by Crippen LogP contribution is 2.09. The molecule has 0 heterocycles. The van der Waals surface area contributed by atoms with Crippen LogP contribution in [0.25, 0.3) is 0 Å². The van der Waals surface area contributed by atoms with Gasteiger partial charge in [-0.1, -0.05) is 60.7 Å². The number of rotatable bonds is 6. The van der Waals surface area contributed by atoms with Gasteiger partial charge >= 0.3 is 8.56 Å². The van der Waals surface area contributed by atoms with Crippen molar-refractivity contribution in [3.8, 4) is 0 Å². The average molecular weight is 377 g/mol. The van der Waals surface area contributed by atoms with Crippen LogP contribution in [-0.2, 0) is 13.3 Å². The Kier molecular flexibility index (Phi) is 9.31. The van der Waals surface area contributed by atoms with E-state index < -0.39 is 8.56 Å². The van der Waals surface area contributed by atoms with Crippen molar-refractivity contribution in [2.24, 2.45) is 0 Å². The summed E-state index contributed by atoms with van der Waals surface area (Å²) in [6.45, 7) is 11.5. The van der Waals surface area contributed by atoms with E-state index in [4.69, 9.17) is 13.3 Å². The molecule has 0 N–H and O–H groups in total. The molecule has 0 saturated heterocycles. The molecule has 25 heavy (non-hydrogen) atoms. The topological polar surface area (TPSA) is 27.7 Å². The summed E-state index contributed by atoms with van der Waals surface area (Å²) in [7, 11) is -1.70. The van der Waals surface area contributed by atoms with Crippen molar-refractivity contribution >= 4 is 29.4 Å². The van der Waals surface area contributed by atoms with Gasteiger partial charge in [-0.05, 0) is 45.0 Å². The molecule has 0 unspecified atom stereocenters. The van der Waals surface area contributed by atoms with Gasteiger partial charge in [0.1, 0.15) is 10.5 Å². The van der Waals surface area contributed by atoms with E-state index in [9.17, 15) is 0 Å². The largest absolute Gasteiger partial charge is 0.423 e. The Bertz CT molecular complexity index is 535. The summed E-state index contributed by atoms with van der Waals surface area (Å²) in [6.07, 6.45) is 0. The zero-order valence-corrected chi connectivity index (χ0v) is 19.4. The van der Waals surface area contributed by atoms with Crippen LogP contribution < -0.4 is 10.4 Å². The molecule has 0 aliphatic rings. The van der Waals surface area contributed by atoms with Gasteiger partial charge < -0.3 is 13.3 Å². The summed E-state index contributed by atoms with van der Waals surface area (Å²) in [5.41, 5.74) is 0.103. The maximum absolute atomic E-state index is 6.16. The predicted octanol–water partition coefficient (Wildman–Crippen LogP) is 2.40. The second kappa shape index (κ2) is 10.7. The summed E-state index contributed by atoms with van der Waals surface area (Å²) < 4.78 is 17.4. The Balaban J connectivity index is 0.000000450. The minimum atomic E-state index is -2.55. The molecular weight excluding hydrogens is 344 g/mol. The van der Waals surface area contributed by atoms with Gasteiger partial charge in [0.2, 0.25) is 0 Å². The molecule has 0 saturated carbocycles. The molecule has 0 fully saturated rings. The van der Waals surface area contributed by atoms with Crippen LogP contribution in [0.3, 0.4) is 0 Å². The van der Waals surface area contributed by atoms with E-state index >= 15 is 0 Å². The minimum Gasteiger partial charge on any atom is -0.423 e. The first-order valence-corrected chi connectivity index (χ1v) is 11.5. The third kappa shape index (κ3) is 6.88. The lowest BCUT2D eigenvalue weighted by atomic mass is 10.2. The second-order valence-electron chi connectivity index (χ2n) is 6.53. The number of hydrogen-bond donors (Lipinski definition) is 0. The molecule has 0 aromatic heterocycles. The van der Waals surface area contributed by atoms with E-state index in [0.29, 0.717) is 13.2 Å². The summed E-state index contributed by atoms with van der Waals surface area (Å²) in [5.74, 6) is 0. The van der Waals surface area contributed by atoms with E-state index in [0.717, 1.165) is 20.9 Å². The highest BCUT2D eigenvalue weighted by atomic mass is 28.4.